The summed E-state index contributed by atoms with van der Waals surface area (Å²) < 4.78 is 3.50. The Morgan fingerprint density at radius 3 is 2.56 bits per heavy atom. The number of para-hydroxylation sites is 1. The molecule has 2 aromatic heterocycles. The van der Waals surface area contributed by atoms with Crippen LogP contribution in [0.3, 0.4) is 0 Å². The van der Waals surface area contributed by atoms with E-state index in [1.54, 1.807) is 4.68 Å². The van der Waals surface area contributed by atoms with Crippen LogP contribution in [-0.4, -0.2) is 36.4 Å². The Balaban J connectivity index is 1.56. The Kier molecular flexibility index (Phi) is 6.05. The van der Waals surface area contributed by atoms with Crippen LogP contribution in [0.4, 0.5) is 5.82 Å². The van der Waals surface area contributed by atoms with Crippen molar-refractivity contribution in [3.63, 3.8) is 0 Å². The lowest BCUT2D eigenvalue weighted by molar-refractivity contribution is -0.113. The van der Waals surface area contributed by atoms with Crippen molar-refractivity contribution < 1.29 is 4.79 Å². The molecule has 0 saturated carbocycles. The molecule has 0 saturated heterocycles. The molecule has 0 aliphatic heterocycles. The number of benzene rings is 2. The molecule has 1 amide bonds. The molecule has 4 rings (SSSR count). The highest BCUT2D eigenvalue weighted by atomic mass is 32.2. The van der Waals surface area contributed by atoms with Crippen molar-refractivity contribution >= 4 is 23.5 Å². The number of carbonyl (C=O) groups is 1. The number of hydrogen-bond acceptors (Lipinski definition) is 6. The Bertz CT molecular complexity index is 1320. The summed E-state index contributed by atoms with van der Waals surface area (Å²) in [6.07, 6.45) is 0. The van der Waals surface area contributed by atoms with Crippen molar-refractivity contribution in [2.45, 2.75) is 25.9 Å². The van der Waals surface area contributed by atoms with E-state index in [2.05, 4.69) is 26.9 Å². The van der Waals surface area contributed by atoms with Gasteiger partial charge in [0.2, 0.25) is 11.1 Å². The molecular formula is C23H21N7OS. The Hall–Kier alpha value is -3.90. The fourth-order valence-electron chi connectivity index (χ4n) is 3.45. The number of thioether (sulfide) groups is 1. The predicted octanol–water partition coefficient (Wildman–Crippen LogP) is 3.98. The highest BCUT2D eigenvalue weighted by Gasteiger charge is 2.21. The van der Waals surface area contributed by atoms with E-state index < -0.39 is 0 Å². The van der Waals surface area contributed by atoms with Gasteiger partial charge in [-0.2, -0.15) is 9.94 Å². The van der Waals surface area contributed by atoms with Crippen LogP contribution in [0, 0.1) is 32.1 Å². The molecule has 160 valence electrons. The van der Waals surface area contributed by atoms with Gasteiger partial charge in [-0.3, -0.25) is 9.36 Å². The van der Waals surface area contributed by atoms with Gasteiger partial charge in [0, 0.05) is 11.4 Å². The minimum absolute atomic E-state index is 0.0924. The first-order valence-electron chi connectivity index (χ1n) is 9.95. The maximum absolute atomic E-state index is 12.8. The molecule has 0 atom stereocenters. The summed E-state index contributed by atoms with van der Waals surface area (Å²) in [5, 5.41) is 25.0. The van der Waals surface area contributed by atoms with E-state index in [-0.39, 0.29) is 11.7 Å². The number of carbonyl (C=O) groups excluding carboxylic acids is 1. The third kappa shape index (κ3) is 4.13. The highest BCUT2D eigenvalue weighted by Crippen LogP contribution is 2.30. The molecule has 0 radical (unpaired) electrons. The normalized spacial score (nSPS) is 10.7. The topological polar surface area (TPSA) is 101 Å². The van der Waals surface area contributed by atoms with Crippen molar-refractivity contribution in [2.75, 3.05) is 11.1 Å². The summed E-state index contributed by atoms with van der Waals surface area (Å²) in [5.41, 5.74) is 4.98. The number of rotatable bonds is 6. The molecule has 1 N–H and O–H groups in total. The second-order valence-electron chi connectivity index (χ2n) is 7.27. The summed E-state index contributed by atoms with van der Waals surface area (Å²) in [4.78, 5) is 12.8. The number of aryl methyl sites for hydroxylation is 1. The van der Waals surface area contributed by atoms with Crippen molar-refractivity contribution in [3.8, 4) is 17.4 Å². The second-order valence-corrected chi connectivity index (χ2v) is 8.21. The number of tetrazole rings is 1. The first-order chi connectivity index (χ1) is 15.5. The van der Waals surface area contributed by atoms with Crippen LogP contribution in [0.25, 0.3) is 11.4 Å². The van der Waals surface area contributed by atoms with Gasteiger partial charge in [0.05, 0.1) is 17.0 Å². The van der Waals surface area contributed by atoms with Gasteiger partial charge < -0.3 is 5.32 Å². The molecule has 0 unspecified atom stereocenters. The average molecular weight is 444 g/mol. The SMILES string of the molecule is Cc1cccc(-n2nnnc2SCC(=O)Nc2c(C#N)c(C)c(C)n2-c2ccccc2)c1. The number of nitrogens with zero attached hydrogens (tertiary/aromatic N) is 6. The quantitative estimate of drug-likeness (QED) is 0.452. The van der Waals surface area contributed by atoms with Gasteiger partial charge >= 0.3 is 0 Å². The third-order valence-electron chi connectivity index (χ3n) is 5.12. The van der Waals surface area contributed by atoms with E-state index in [1.165, 1.54) is 11.8 Å². The number of aromatic nitrogens is 5. The van der Waals surface area contributed by atoms with E-state index in [0.29, 0.717) is 16.5 Å². The number of nitrogens with one attached hydrogen (secondary N) is 1. The monoisotopic (exact) mass is 443 g/mol. The van der Waals surface area contributed by atoms with Gasteiger partial charge in [-0.25, -0.2) is 0 Å². The summed E-state index contributed by atoms with van der Waals surface area (Å²) in [6, 6.07) is 19.7. The molecular weight excluding hydrogens is 422 g/mol. The van der Waals surface area contributed by atoms with Gasteiger partial charge in [0.25, 0.3) is 0 Å². The zero-order chi connectivity index (χ0) is 22.7. The standard InChI is InChI=1S/C23H21N7OS/c1-15-8-7-11-19(12-15)30-23(26-27-28-30)32-14-21(31)25-22-20(13-24)16(2)17(3)29(22)18-9-5-4-6-10-18/h4-12H,14H2,1-3H3,(H,25,31). The molecule has 0 spiro atoms. The van der Waals surface area contributed by atoms with Crippen LogP contribution in [0.5, 0.6) is 0 Å². The van der Waals surface area contributed by atoms with E-state index in [0.717, 1.165) is 28.2 Å². The molecule has 0 fully saturated rings. The summed E-state index contributed by atoms with van der Waals surface area (Å²) in [7, 11) is 0. The van der Waals surface area contributed by atoms with Crippen LogP contribution in [0.2, 0.25) is 0 Å². The van der Waals surface area contributed by atoms with Gasteiger partial charge in [0.15, 0.2) is 0 Å². The number of hydrogen-bond donors (Lipinski definition) is 1. The minimum Gasteiger partial charge on any atom is -0.310 e. The van der Waals surface area contributed by atoms with Crippen molar-refractivity contribution in [1.29, 1.82) is 5.26 Å². The molecule has 2 aromatic carbocycles. The van der Waals surface area contributed by atoms with Crippen LogP contribution >= 0.6 is 11.8 Å². The molecule has 0 bridgehead atoms. The highest BCUT2D eigenvalue weighted by molar-refractivity contribution is 7.99. The summed E-state index contributed by atoms with van der Waals surface area (Å²) >= 11 is 1.23. The van der Waals surface area contributed by atoms with Crippen molar-refractivity contribution in [1.82, 2.24) is 24.8 Å². The summed E-state index contributed by atoms with van der Waals surface area (Å²) in [5.74, 6) is 0.312. The fourth-order valence-corrected chi connectivity index (χ4v) is 4.14. The molecule has 9 heteroatoms. The first kappa shape index (κ1) is 21.3. The zero-order valence-corrected chi connectivity index (χ0v) is 18.7. The van der Waals surface area contributed by atoms with Gasteiger partial charge in [-0.15, -0.1) is 5.10 Å². The lowest BCUT2D eigenvalue weighted by atomic mass is 10.2. The molecule has 0 aliphatic rings. The minimum atomic E-state index is -0.250. The maximum atomic E-state index is 12.8. The lowest BCUT2D eigenvalue weighted by Gasteiger charge is -2.13. The van der Waals surface area contributed by atoms with E-state index >= 15 is 0 Å². The van der Waals surface area contributed by atoms with Crippen LogP contribution in [0.15, 0.2) is 59.8 Å². The van der Waals surface area contributed by atoms with Gasteiger partial charge in [-0.05, 0) is 66.6 Å². The van der Waals surface area contributed by atoms with E-state index in [1.807, 2.05) is 79.9 Å². The number of amides is 1. The van der Waals surface area contributed by atoms with Gasteiger partial charge in [-0.1, -0.05) is 42.1 Å². The van der Waals surface area contributed by atoms with Gasteiger partial charge in [0.1, 0.15) is 11.9 Å². The molecule has 0 aliphatic carbocycles. The molecule has 4 aromatic rings. The average Bonchev–Trinajstić information content (AvgIpc) is 3.35. The van der Waals surface area contributed by atoms with E-state index in [9.17, 15) is 10.1 Å². The van der Waals surface area contributed by atoms with Crippen LogP contribution < -0.4 is 5.32 Å². The largest absolute Gasteiger partial charge is 0.310 e. The second kappa shape index (κ2) is 9.08. The predicted molar refractivity (Wildman–Crippen MR) is 123 cm³/mol. The van der Waals surface area contributed by atoms with Crippen LogP contribution in [0.1, 0.15) is 22.4 Å². The molecule has 8 nitrogen and oxygen atoms in total. The van der Waals surface area contributed by atoms with E-state index in [4.69, 9.17) is 0 Å². The number of anilines is 1. The Morgan fingerprint density at radius 2 is 1.84 bits per heavy atom. The Morgan fingerprint density at radius 1 is 1.09 bits per heavy atom. The lowest BCUT2D eigenvalue weighted by Crippen LogP contribution is -2.18. The van der Waals surface area contributed by atoms with Crippen LogP contribution in [-0.2, 0) is 4.79 Å². The molecule has 2 heterocycles. The van der Waals surface area contributed by atoms with Crippen molar-refractivity contribution in [2.24, 2.45) is 0 Å². The third-order valence-corrected chi connectivity index (χ3v) is 6.04. The number of nitriles is 1. The molecule has 32 heavy (non-hydrogen) atoms. The summed E-state index contributed by atoms with van der Waals surface area (Å²) in [6.45, 7) is 5.81. The Labute approximate surface area is 189 Å². The maximum Gasteiger partial charge on any atom is 0.236 e. The zero-order valence-electron chi connectivity index (χ0n) is 17.9. The fraction of sp³-hybridized carbons (Fsp3) is 0.174. The smallest absolute Gasteiger partial charge is 0.236 e. The first-order valence-corrected chi connectivity index (χ1v) is 10.9. The van der Waals surface area contributed by atoms with Crippen molar-refractivity contribution in [3.05, 3.63) is 77.0 Å².